The lowest BCUT2D eigenvalue weighted by molar-refractivity contribution is 0.0310. The number of ether oxygens (including phenoxy) is 2. The van der Waals surface area contributed by atoms with Gasteiger partial charge in [-0.15, -0.1) is 11.3 Å². The van der Waals surface area contributed by atoms with Crippen molar-refractivity contribution in [2.24, 2.45) is 0 Å². The van der Waals surface area contributed by atoms with E-state index in [2.05, 4.69) is 15.9 Å². The van der Waals surface area contributed by atoms with E-state index in [1.165, 1.54) is 11.3 Å². The largest absolute Gasteiger partial charge is 0.376 e. The Balaban J connectivity index is 1.70. The van der Waals surface area contributed by atoms with Gasteiger partial charge in [-0.3, -0.25) is 4.79 Å². The van der Waals surface area contributed by atoms with Crippen LogP contribution in [0.15, 0.2) is 15.9 Å². The normalized spacial score (nSPS) is 25.4. The van der Waals surface area contributed by atoms with E-state index in [-0.39, 0.29) is 18.1 Å². The smallest absolute Gasteiger partial charge is 0.265 e. The molecular formula is C15H20BrNO3S. The van der Waals surface area contributed by atoms with Crippen LogP contribution in [-0.4, -0.2) is 49.3 Å². The Morgan fingerprint density at radius 3 is 2.29 bits per heavy atom. The van der Waals surface area contributed by atoms with Gasteiger partial charge in [0.2, 0.25) is 0 Å². The van der Waals surface area contributed by atoms with Gasteiger partial charge < -0.3 is 14.4 Å². The molecule has 2 fully saturated rings. The van der Waals surface area contributed by atoms with E-state index in [4.69, 9.17) is 9.47 Å². The second-order valence-electron chi connectivity index (χ2n) is 5.58. The molecule has 2 aliphatic rings. The van der Waals surface area contributed by atoms with Gasteiger partial charge in [-0.1, -0.05) is 0 Å². The van der Waals surface area contributed by atoms with Crippen LogP contribution in [0.25, 0.3) is 0 Å². The highest BCUT2D eigenvalue weighted by Gasteiger charge is 2.28. The fourth-order valence-corrected chi connectivity index (χ4v) is 4.41. The molecule has 2 aliphatic heterocycles. The fourth-order valence-electron chi connectivity index (χ4n) is 2.90. The number of hydrogen-bond acceptors (Lipinski definition) is 4. The molecule has 0 radical (unpaired) electrons. The van der Waals surface area contributed by atoms with Gasteiger partial charge in [0.25, 0.3) is 5.91 Å². The first kappa shape index (κ1) is 15.5. The third-order valence-corrected chi connectivity index (χ3v) is 5.82. The van der Waals surface area contributed by atoms with Gasteiger partial charge in [0, 0.05) is 30.8 Å². The third kappa shape index (κ3) is 3.86. The summed E-state index contributed by atoms with van der Waals surface area (Å²) in [7, 11) is 0. The molecular weight excluding hydrogens is 354 g/mol. The van der Waals surface area contributed by atoms with Gasteiger partial charge in [-0.25, -0.2) is 0 Å². The number of hydrogen-bond donors (Lipinski definition) is 0. The maximum Gasteiger partial charge on any atom is 0.265 e. The predicted octanol–water partition coefficient (Wildman–Crippen LogP) is 3.31. The van der Waals surface area contributed by atoms with Crippen molar-refractivity contribution in [2.45, 2.75) is 37.9 Å². The summed E-state index contributed by atoms with van der Waals surface area (Å²) in [5.41, 5.74) is 0. The molecule has 6 heteroatoms. The van der Waals surface area contributed by atoms with Crippen LogP contribution in [0.2, 0.25) is 0 Å². The van der Waals surface area contributed by atoms with E-state index in [1.54, 1.807) is 0 Å². The van der Waals surface area contributed by atoms with Crippen molar-refractivity contribution in [3.63, 3.8) is 0 Å². The molecule has 3 rings (SSSR count). The van der Waals surface area contributed by atoms with Crippen molar-refractivity contribution >= 4 is 33.2 Å². The molecule has 0 aromatic carbocycles. The van der Waals surface area contributed by atoms with E-state index in [0.29, 0.717) is 13.1 Å². The minimum absolute atomic E-state index is 0.0860. The molecule has 2 unspecified atom stereocenters. The summed E-state index contributed by atoms with van der Waals surface area (Å²) in [5.74, 6) is 0.0860. The second-order valence-corrected chi connectivity index (χ2v) is 7.35. The molecule has 0 bridgehead atoms. The number of rotatable bonds is 5. The Morgan fingerprint density at radius 1 is 1.24 bits per heavy atom. The zero-order valence-electron chi connectivity index (χ0n) is 11.9. The average molecular weight is 374 g/mol. The highest BCUT2D eigenvalue weighted by molar-refractivity contribution is 9.10. The van der Waals surface area contributed by atoms with Crippen LogP contribution in [0.1, 0.15) is 35.4 Å². The van der Waals surface area contributed by atoms with Crippen LogP contribution in [0.3, 0.4) is 0 Å². The molecule has 0 saturated carbocycles. The van der Waals surface area contributed by atoms with Gasteiger partial charge in [0.1, 0.15) is 4.88 Å². The molecule has 0 N–H and O–H groups in total. The zero-order chi connectivity index (χ0) is 14.7. The number of carbonyl (C=O) groups is 1. The molecule has 21 heavy (non-hydrogen) atoms. The van der Waals surface area contributed by atoms with E-state index in [9.17, 15) is 4.79 Å². The molecule has 1 aromatic rings. The van der Waals surface area contributed by atoms with E-state index < -0.39 is 0 Å². The Morgan fingerprint density at radius 2 is 1.86 bits per heavy atom. The van der Waals surface area contributed by atoms with E-state index in [1.807, 2.05) is 16.3 Å². The van der Waals surface area contributed by atoms with Crippen LogP contribution >= 0.6 is 27.3 Å². The summed E-state index contributed by atoms with van der Waals surface area (Å²) in [6.45, 7) is 2.97. The lowest BCUT2D eigenvalue weighted by Gasteiger charge is -2.27. The van der Waals surface area contributed by atoms with Crippen molar-refractivity contribution in [3.8, 4) is 0 Å². The summed E-state index contributed by atoms with van der Waals surface area (Å²) in [5, 5.41) is 1.94. The lowest BCUT2D eigenvalue weighted by Crippen LogP contribution is -2.41. The van der Waals surface area contributed by atoms with Crippen LogP contribution in [0.4, 0.5) is 0 Å². The van der Waals surface area contributed by atoms with Crippen molar-refractivity contribution < 1.29 is 14.3 Å². The summed E-state index contributed by atoms with van der Waals surface area (Å²) >= 11 is 4.94. The Labute approximate surface area is 137 Å². The summed E-state index contributed by atoms with van der Waals surface area (Å²) in [4.78, 5) is 15.5. The van der Waals surface area contributed by atoms with Gasteiger partial charge in [0.15, 0.2) is 0 Å². The first-order valence-corrected chi connectivity index (χ1v) is 9.17. The number of nitrogens with zero attached hydrogens (tertiary/aromatic N) is 1. The number of halogens is 1. The van der Waals surface area contributed by atoms with Crippen LogP contribution in [-0.2, 0) is 9.47 Å². The summed E-state index contributed by atoms with van der Waals surface area (Å²) < 4.78 is 12.3. The first-order valence-electron chi connectivity index (χ1n) is 7.49. The average Bonchev–Trinajstić information content (AvgIpc) is 3.19. The third-order valence-electron chi connectivity index (χ3n) is 3.99. The van der Waals surface area contributed by atoms with Crippen molar-refractivity contribution in [1.29, 1.82) is 0 Å². The maximum atomic E-state index is 12.8. The van der Waals surface area contributed by atoms with Gasteiger partial charge >= 0.3 is 0 Å². The molecule has 0 spiro atoms. The SMILES string of the molecule is O=C(c1sccc1Br)N(CC1CCCO1)CC1CCCO1. The molecule has 4 nitrogen and oxygen atoms in total. The standard InChI is InChI=1S/C15H20BrNO3S/c16-13-5-8-21-14(13)15(18)17(9-11-3-1-6-19-11)10-12-4-2-7-20-12/h5,8,11-12H,1-4,6-7,9-10H2. The predicted molar refractivity (Wildman–Crippen MR) is 85.9 cm³/mol. The highest BCUT2D eigenvalue weighted by Crippen LogP contribution is 2.26. The van der Waals surface area contributed by atoms with E-state index in [0.717, 1.165) is 48.2 Å². The number of thiophene rings is 1. The topological polar surface area (TPSA) is 38.8 Å². The highest BCUT2D eigenvalue weighted by atomic mass is 79.9. The maximum absolute atomic E-state index is 12.8. The van der Waals surface area contributed by atoms with Crippen LogP contribution in [0.5, 0.6) is 0 Å². The lowest BCUT2D eigenvalue weighted by atomic mass is 10.2. The Kier molecular flexibility index (Phi) is 5.32. The van der Waals surface area contributed by atoms with Crippen molar-refractivity contribution in [1.82, 2.24) is 4.90 Å². The first-order chi connectivity index (χ1) is 10.2. The van der Waals surface area contributed by atoms with Gasteiger partial charge in [-0.05, 0) is 53.1 Å². The van der Waals surface area contributed by atoms with Gasteiger partial charge in [0.05, 0.1) is 12.2 Å². The van der Waals surface area contributed by atoms with Crippen molar-refractivity contribution in [2.75, 3.05) is 26.3 Å². The fraction of sp³-hybridized carbons (Fsp3) is 0.667. The van der Waals surface area contributed by atoms with Crippen LogP contribution < -0.4 is 0 Å². The molecule has 1 amide bonds. The minimum Gasteiger partial charge on any atom is -0.376 e. The summed E-state index contributed by atoms with van der Waals surface area (Å²) in [6, 6.07) is 1.92. The van der Waals surface area contributed by atoms with Crippen LogP contribution in [0, 0.1) is 0 Å². The molecule has 3 heterocycles. The molecule has 116 valence electrons. The van der Waals surface area contributed by atoms with Crippen molar-refractivity contribution in [3.05, 3.63) is 20.8 Å². The monoisotopic (exact) mass is 373 g/mol. The minimum atomic E-state index is 0.0860. The quantitative estimate of drug-likeness (QED) is 0.794. The van der Waals surface area contributed by atoms with E-state index >= 15 is 0 Å². The molecule has 2 atom stereocenters. The number of amides is 1. The molecule has 1 aromatic heterocycles. The summed E-state index contributed by atoms with van der Waals surface area (Å²) in [6.07, 6.45) is 4.62. The number of carbonyl (C=O) groups excluding carboxylic acids is 1. The molecule has 0 aliphatic carbocycles. The van der Waals surface area contributed by atoms with Gasteiger partial charge in [-0.2, -0.15) is 0 Å². The molecule has 2 saturated heterocycles. The second kappa shape index (κ2) is 7.22. The Bertz CT molecular complexity index is 463. The zero-order valence-corrected chi connectivity index (χ0v) is 14.3. The Hall–Kier alpha value is -0.430.